The van der Waals surface area contributed by atoms with Crippen LogP contribution in [0.15, 0.2) is 72.8 Å². The molecule has 6 nitrogen and oxygen atoms in total. The molecule has 1 aliphatic heterocycles. The molecule has 0 spiro atoms. The van der Waals surface area contributed by atoms with Crippen LogP contribution in [-0.4, -0.2) is 60.2 Å². The number of carbonyl (C=O) groups is 3. The number of hydrogen-bond acceptors (Lipinski definition) is 4. The number of halogens is 2. The average molecular weight is 464 g/mol. The van der Waals surface area contributed by atoms with Gasteiger partial charge >= 0.3 is 0 Å². The molecular formula is C26H22F2N2O4. The maximum absolute atomic E-state index is 13.1. The van der Waals surface area contributed by atoms with Gasteiger partial charge in [0.2, 0.25) is 0 Å². The highest BCUT2D eigenvalue weighted by atomic mass is 19.1. The van der Waals surface area contributed by atoms with Gasteiger partial charge in [-0.3, -0.25) is 14.4 Å². The highest BCUT2D eigenvalue weighted by molar-refractivity contribution is 6.09. The Morgan fingerprint density at radius 2 is 1.09 bits per heavy atom. The summed E-state index contributed by atoms with van der Waals surface area (Å²) >= 11 is 0. The van der Waals surface area contributed by atoms with Crippen molar-refractivity contribution in [1.82, 2.24) is 9.80 Å². The van der Waals surface area contributed by atoms with Crippen LogP contribution in [0, 0.1) is 11.6 Å². The van der Waals surface area contributed by atoms with Gasteiger partial charge in [0.15, 0.2) is 12.4 Å². The van der Waals surface area contributed by atoms with Gasteiger partial charge in [-0.25, -0.2) is 8.78 Å². The molecule has 1 aliphatic rings. The Hall–Kier alpha value is -4.07. The molecule has 8 heteroatoms. The number of carbonyl (C=O) groups excluding carboxylic acids is 3. The summed E-state index contributed by atoms with van der Waals surface area (Å²) in [4.78, 5) is 40.7. The van der Waals surface area contributed by atoms with Gasteiger partial charge in [0.05, 0.1) is 0 Å². The minimum Gasteiger partial charge on any atom is -0.484 e. The van der Waals surface area contributed by atoms with Crippen LogP contribution < -0.4 is 4.74 Å². The standard InChI is InChI=1S/C26H22F2N2O4/c27-21-7-1-18(2-8-21)25(32)19-5-11-23(12-6-19)34-17-24(31)29-13-15-30(16-14-29)26(33)20-3-9-22(28)10-4-20/h1-12H,13-17H2. The fraction of sp³-hybridized carbons (Fsp3) is 0.192. The first-order valence-electron chi connectivity index (χ1n) is 10.8. The number of nitrogens with zero attached hydrogens (tertiary/aromatic N) is 2. The highest BCUT2D eigenvalue weighted by Crippen LogP contribution is 2.17. The third-order valence-electron chi connectivity index (χ3n) is 5.60. The van der Waals surface area contributed by atoms with Gasteiger partial charge in [-0.05, 0) is 72.8 Å². The van der Waals surface area contributed by atoms with Crippen LogP contribution in [0.1, 0.15) is 26.3 Å². The van der Waals surface area contributed by atoms with Crippen molar-refractivity contribution >= 4 is 17.6 Å². The van der Waals surface area contributed by atoms with Crippen LogP contribution in [0.3, 0.4) is 0 Å². The van der Waals surface area contributed by atoms with Crippen molar-refractivity contribution in [2.75, 3.05) is 32.8 Å². The van der Waals surface area contributed by atoms with Crippen LogP contribution in [-0.2, 0) is 4.79 Å². The summed E-state index contributed by atoms with van der Waals surface area (Å²) in [6.07, 6.45) is 0. The molecule has 0 N–H and O–H groups in total. The Bertz CT molecular complexity index is 1170. The second-order valence-corrected chi connectivity index (χ2v) is 7.83. The number of ether oxygens (including phenoxy) is 1. The van der Waals surface area contributed by atoms with E-state index in [9.17, 15) is 23.2 Å². The fourth-order valence-electron chi connectivity index (χ4n) is 3.64. The second kappa shape index (κ2) is 10.2. The number of amides is 2. The Morgan fingerprint density at radius 1 is 0.647 bits per heavy atom. The van der Waals surface area contributed by atoms with Crippen molar-refractivity contribution in [1.29, 1.82) is 0 Å². The zero-order valence-corrected chi connectivity index (χ0v) is 18.2. The zero-order chi connectivity index (χ0) is 24.1. The molecule has 1 fully saturated rings. The quantitative estimate of drug-likeness (QED) is 0.524. The molecule has 0 radical (unpaired) electrons. The molecule has 2 amide bonds. The molecule has 174 valence electrons. The Labute approximate surface area is 195 Å². The van der Waals surface area contributed by atoms with E-state index in [4.69, 9.17) is 4.74 Å². The van der Waals surface area contributed by atoms with Crippen LogP contribution in [0.5, 0.6) is 5.75 Å². The first-order valence-corrected chi connectivity index (χ1v) is 10.8. The van der Waals surface area contributed by atoms with Crippen molar-refractivity contribution in [3.8, 4) is 5.75 Å². The molecule has 0 bridgehead atoms. The molecule has 34 heavy (non-hydrogen) atoms. The number of hydrogen-bond donors (Lipinski definition) is 0. The minimum absolute atomic E-state index is 0.169. The van der Waals surface area contributed by atoms with Gasteiger partial charge in [0, 0.05) is 42.9 Å². The molecule has 0 aliphatic carbocycles. The van der Waals surface area contributed by atoms with Crippen molar-refractivity contribution in [3.05, 3.63) is 101 Å². The lowest BCUT2D eigenvalue weighted by atomic mass is 10.0. The monoisotopic (exact) mass is 464 g/mol. The smallest absolute Gasteiger partial charge is 0.260 e. The third kappa shape index (κ3) is 5.46. The first-order chi connectivity index (χ1) is 16.4. The van der Waals surface area contributed by atoms with Crippen molar-refractivity contribution in [2.24, 2.45) is 0 Å². The van der Waals surface area contributed by atoms with E-state index in [-0.39, 0.29) is 24.2 Å². The van der Waals surface area contributed by atoms with Gasteiger partial charge in [-0.15, -0.1) is 0 Å². The van der Waals surface area contributed by atoms with E-state index in [1.807, 2.05) is 0 Å². The second-order valence-electron chi connectivity index (χ2n) is 7.83. The topological polar surface area (TPSA) is 66.9 Å². The van der Waals surface area contributed by atoms with E-state index in [2.05, 4.69) is 0 Å². The summed E-state index contributed by atoms with van der Waals surface area (Å²) < 4.78 is 31.7. The van der Waals surface area contributed by atoms with E-state index < -0.39 is 11.6 Å². The van der Waals surface area contributed by atoms with E-state index in [0.717, 1.165) is 0 Å². The van der Waals surface area contributed by atoms with Crippen molar-refractivity contribution < 1.29 is 27.9 Å². The molecule has 3 aromatic rings. The molecule has 0 aromatic heterocycles. The number of rotatable bonds is 6. The largest absolute Gasteiger partial charge is 0.484 e. The maximum Gasteiger partial charge on any atom is 0.260 e. The fourth-order valence-corrected chi connectivity index (χ4v) is 3.64. The third-order valence-corrected chi connectivity index (χ3v) is 5.60. The van der Waals surface area contributed by atoms with Crippen LogP contribution in [0.25, 0.3) is 0 Å². The Kier molecular flexibility index (Phi) is 6.96. The van der Waals surface area contributed by atoms with Gasteiger partial charge < -0.3 is 14.5 Å². The average Bonchev–Trinajstić information content (AvgIpc) is 2.88. The maximum atomic E-state index is 13.1. The normalized spacial score (nSPS) is 13.5. The van der Waals surface area contributed by atoms with Gasteiger partial charge in [0.1, 0.15) is 17.4 Å². The van der Waals surface area contributed by atoms with Gasteiger partial charge in [-0.1, -0.05) is 0 Å². The lowest BCUT2D eigenvalue weighted by molar-refractivity contribution is -0.134. The van der Waals surface area contributed by atoms with Crippen LogP contribution in [0.2, 0.25) is 0 Å². The molecule has 0 unspecified atom stereocenters. The summed E-state index contributed by atoms with van der Waals surface area (Å²) in [6, 6.07) is 17.1. The molecular weight excluding hydrogens is 442 g/mol. The van der Waals surface area contributed by atoms with E-state index in [1.165, 1.54) is 48.5 Å². The van der Waals surface area contributed by atoms with E-state index >= 15 is 0 Å². The summed E-state index contributed by atoms with van der Waals surface area (Å²) in [5.74, 6) is -1.02. The molecule has 1 saturated heterocycles. The highest BCUT2D eigenvalue weighted by Gasteiger charge is 2.25. The Balaban J connectivity index is 1.25. The first kappa shape index (κ1) is 23.1. The van der Waals surface area contributed by atoms with E-state index in [0.29, 0.717) is 48.6 Å². The Morgan fingerprint density at radius 3 is 1.62 bits per heavy atom. The van der Waals surface area contributed by atoms with E-state index in [1.54, 1.807) is 34.1 Å². The van der Waals surface area contributed by atoms with Crippen LogP contribution in [0.4, 0.5) is 8.78 Å². The van der Waals surface area contributed by atoms with Gasteiger partial charge in [0.25, 0.3) is 11.8 Å². The molecule has 3 aromatic carbocycles. The lowest BCUT2D eigenvalue weighted by Crippen LogP contribution is -2.51. The predicted octanol–water partition coefficient (Wildman–Crippen LogP) is 3.56. The predicted molar refractivity (Wildman–Crippen MR) is 121 cm³/mol. The summed E-state index contributed by atoms with van der Waals surface area (Å²) in [7, 11) is 0. The van der Waals surface area contributed by atoms with Crippen LogP contribution >= 0.6 is 0 Å². The summed E-state index contributed by atoms with van der Waals surface area (Å²) in [5.41, 5.74) is 1.21. The molecule has 4 rings (SSSR count). The summed E-state index contributed by atoms with van der Waals surface area (Å²) in [6.45, 7) is 1.34. The summed E-state index contributed by atoms with van der Waals surface area (Å²) in [5, 5.41) is 0. The molecule has 0 saturated carbocycles. The molecule has 1 heterocycles. The number of piperazine rings is 1. The SMILES string of the molecule is O=C(c1ccc(F)cc1)c1ccc(OCC(=O)N2CCN(C(=O)c3ccc(F)cc3)CC2)cc1. The van der Waals surface area contributed by atoms with Crippen molar-refractivity contribution in [3.63, 3.8) is 0 Å². The van der Waals surface area contributed by atoms with Crippen molar-refractivity contribution in [2.45, 2.75) is 0 Å². The minimum atomic E-state index is -0.411. The number of ketones is 1. The lowest BCUT2D eigenvalue weighted by Gasteiger charge is -2.34. The number of benzene rings is 3. The molecule has 0 atom stereocenters. The zero-order valence-electron chi connectivity index (χ0n) is 18.2. The van der Waals surface area contributed by atoms with Gasteiger partial charge in [-0.2, -0.15) is 0 Å².